The summed E-state index contributed by atoms with van der Waals surface area (Å²) in [6, 6.07) is 1.04. The first-order chi connectivity index (χ1) is 5.49. The van der Waals surface area contributed by atoms with Crippen LogP contribution in [0.15, 0.2) is 18.5 Å². The van der Waals surface area contributed by atoms with Gasteiger partial charge in [0.15, 0.2) is 5.75 Å². The van der Waals surface area contributed by atoms with Crippen LogP contribution in [0.25, 0.3) is 0 Å². The van der Waals surface area contributed by atoms with E-state index < -0.39 is 12.1 Å². The second-order valence-corrected chi connectivity index (χ2v) is 1.96. The van der Waals surface area contributed by atoms with Crippen LogP contribution in [0.4, 0.5) is 18.9 Å². The lowest BCUT2D eigenvalue weighted by molar-refractivity contribution is -0.274. The Hall–Kier alpha value is -1.46. The molecule has 0 aromatic carbocycles. The van der Waals surface area contributed by atoms with Gasteiger partial charge in [-0.05, 0) is 0 Å². The Balaban J connectivity index is 2.83. The van der Waals surface area contributed by atoms with Crippen LogP contribution in [0.2, 0.25) is 0 Å². The second-order valence-electron chi connectivity index (χ2n) is 1.96. The Morgan fingerprint density at radius 2 is 2.08 bits per heavy atom. The van der Waals surface area contributed by atoms with E-state index in [1.165, 1.54) is 0 Å². The quantitative estimate of drug-likeness (QED) is 0.709. The van der Waals surface area contributed by atoms with Gasteiger partial charge in [-0.3, -0.25) is 4.98 Å². The monoisotopic (exact) mass is 178 g/mol. The number of anilines is 1. The molecule has 66 valence electrons. The predicted molar refractivity (Wildman–Crippen MR) is 35.3 cm³/mol. The molecule has 0 saturated carbocycles. The summed E-state index contributed by atoms with van der Waals surface area (Å²) >= 11 is 0. The van der Waals surface area contributed by atoms with E-state index in [1.54, 1.807) is 0 Å². The van der Waals surface area contributed by atoms with E-state index in [4.69, 9.17) is 5.73 Å². The highest BCUT2D eigenvalue weighted by Gasteiger charge is 2.31. The fourth-order valence-electron chi connectivity index (χ4n) is 0.612. The summed E-state index contributed by atoms with van der Waals surface area (Å²) in [5, 5.41) is 0. The number of alkyl halides is 3. The Morgan fingerprint density at radius 1 is 1.42 bits per heavy atom. The van der Waals surface area contributed by atoms with Crippen molar-refractivity contribution >= 4 is 5.69 Å². The zero-order chi connectivity index (χ0) is 9.19. The van der Waals surface area contributed by atoms with Crippen molar-refractivity contribution in [1.82, 2.24) is 4.98 Å². The van der Waals surface area contributed by atoms with E-state index in [0.29, 0.717) is 0 Å². The number of ether oxygens (including phenoxy) is 1. The van der Waals surface area contributed by atoms with E-state index in [0.717, 1.165) is 18.5 Å². The van der Waals surface area contributed by atoms with Gasteiger partial charge in [0.25, 0.3) is 0 Å². The molecule has 0 saturated heterocycles. The molecule has 2 N–H and O–H groups in total. The summed E-state index contributed by atoms with van der Waals surface area (Å²) < 4.78 is 38.4. The number of hydrogen-bond acceptors (Lipinski definition) is 3. The van der Waals surface area contributed by atoms with Gasteiger partial charge in [0, 0.05) is 12.3 Å². The Morgan fingerprint density at radius 3 is 2.58 bits per heavy atom. The molecule has 6 heteroatoms. The zero-order valence-electron chi connectivity index (χ0n) is 5.80. The molecule has 0 aliphatic heterocycles. The van der Waals surface area contributed by atoms with Gasteiger partial charge in [0.1, 0.15) is 0 Å². The third kappa shape index (κ3) is 2.30. The molecule has 0 radical (unpaired) electrons. The minimum Gasteiger partial charge on any atom is -0.403 e. The predicted octanol–water partition coefficient (Wildman–Crippen LogP) is 1.56. The van der Waals surface area contributed by atoms with Crippen molar-refractivity contribution in [2.45, 2.75) is 6.36 Å². The number of pyridine rings is 1. The number of nitrogens with two attached hydrogens (primary N) is 1. The van der Waals surface area contributed by atoms with Crippen LogP contribution < -0.4 is 10.5 Å². The number of nitrogen functional groups attached to an aromatic ring is 1. The molecule has 1 heterocycles. The molecule has 0 spiro atoms. The lowest BCUT2D eigenvalue weighted by Gasteiger charge is -2.09. The van der Waals surface area contributed by atoms with E-state index in [9.17, 15) is 13.2 Å². The van der Waals surface area contributed by atoms with Crippen molar-refractivity contribution < 1.29 is 17.9 Å². The summed E-state index contributed by atoms with van der Waals surface area (Å²) in [5.74, 6) is -0.433. The second kappa shape index (κ2) is 2.88. The van der Waals surface area contributed by atoms with Crippen LogP contribution >= 0.6 is 0 Å². The van der Waals surface area contributed by atoms with Gasteiger partial charge in [-0.2, -0.15) is 0 Å². The fourth-order valence-corrected chi connectivity index (χ4v) is 0.612. The van der Waals surface area contributed by atoms with Gasteiger partial charge in [-0.1, -0.05) is 0 Å². The average Bonchev–Trinajstić information content (AvgIpc) is 1.91. The molecule has 0 amide bonds. The Labute approximate surface area is 66.0 Å². The molecular weight excluding hydrogens is 173 g/mol. The van der Waals surface area contributed by atoms with Gasteiger partial charge >= 0.3 is 6.36 Å². The molecular formula is C6H5F3N2O. The van der Waals surface area contributed by atoms with Crippen molar-refractivity contribution in [2.75, 3.05) is 5.73 Å². The molecule has 12 heavy (non-hydrogen) atoms. The van der Waals surface area contributed by atoms with Crippen LogP contribution in [0.5, 0.6) is 5.75 Å². The molecule has 0 atom stereocenters. The average molecular weight is 178 g/mol. The SMILES string of the molecule is Nc1cnccc1OC(F)(F)F. The van der Waals surface area contributed by atoms with E-state index in [1.807, 2.05) is 0 Å². The smallest absolute Gasteiger partial charge is 0.403 e. The number of aromatic nitrogens is 1. The summed E-state index contributed by atoms with van der Waals surface area (Å²) in [5.41, 5.74) is 5.00. The summed E-state index contributed by atoms with van der Waals surface area (Å²) in [6.07, 6.45) is -2.46. The van der Waals surface area contributed by atoms with Crippen LogP contribution in [0.3, 0.4) is 0 Å². The van der Waals surface area contributed by atoms with Crippen molar-refractivity contribution in [3.05, 3.63) is 18.5 Å². The number of halogens is 3. The molecule has 3 nitrogen and oxygen atoms in total. The molecule has 0 fully saturated rings. The van der Waals surface area contributed by atoms with Gasteiger partial charge < -0.3 is 10.5 Å². The highest BCUT2D eigenvalue weighted by atomic mass is 19.4. The maximum Gasteiger partial charge on any atom is 0.573 e. The third-order valence-electron chi connectivity index (χ3n) is 1.04. The van der Waals surface area contributed by atoms with Crippen molar-refractivity contribution in [1.29, 1.82) is 0 Å². The first-order valence-electron chi connectivity index (χ1n) is 2.94. The maximum absolute atomic E-state index is 11.6. The first kappa shape index (κ1) is 8.63. The van der Waals surface area contributed by atoms with E-state index >= 15 is 0 Å². The van der Waals surface area contributed by atoms with Crippen LogP contribution in [-0.2, 0) is 0 Å². The Bertz CT molecular complexity index is 274. The lowest BCUT2D eigenvalue weighted by atomic mass is 10.4. The molecule has 0 unspecified atom stereocenters. The highest BCUT2D eigenvalue weighted by Crippen LogP contribution is 2.26. The number of nitrogens with zero attached hydrogens (tertiary/aromatic N) is 1. The normalized spacial score (nSPS) is 11.2. The summed E-state index contributed by atoms with van der Waals surface area (Å²) in [6.45, 7) is 0. The maximum atomic E-state index is 11.6. The van der Waals surface area contributed by atoms with Gasteiger partial charge in [0.05, 0.1) is 11.9 Å². The minimum absolute atomic E-state index is 0.144. The number of rotatable bonds is 1. The molecule has 1 rings (SSSR count). The van der Waals surface area contributed by atoms with Crippen LogP contribution in [0, 0.1) is 0 Å². The first-order valence-corrected chi connectivity index (χ1v) is 2.94. The van der Waals surface area contributed by atoms with Gasteiger partial charge in [-0.25, -0.2) is 0 Å². The third-order valence-corrected chi connectivity index (χ3v) is 1.04. The van der Waals surface area contributed by atoms with Gasteiger partial charge in [-0.15, -0.1) is 13.2 Å². The van der Waals surface area contributed by atoms with Crippen molar-refractivity contribution in [3.63, 3.8) is 0 Å². The van der Waals surface area contributed by atoms with Crippen molar-refractivity contribution in [2.24, 2.45) is 0 Å². The van der Waals surface area contributed by atoms with E-state index in [2.05, 4.69) is 9.72 Å². The Kier molecular flexibility index (Phi) is 2.07. The fraction of sp³-hybridized carbons (Fsp3) is 0.167. The van der Waals surface area contributed by atoms with Crippen LogP contribution in [0.1, 0.15) is 0 Å². The molecule has 0 aliphatic rings. The topological polar surface area (TPSA) is 48.1 Å². The molecule has 0 bridgehead atoms. The molecule has 1 aromatic heterocycles. The highest BCUT2D eigenvalue weighted by molar-refractivity contribution is 5.49. The summed E-state index contributed by atoms with van der Waals surface area (Å²) in [4.78, 5) is 3.50. The van der Waals surface area contributed by atoms with E-state index in [-0.39, 0.29) is 5.69 Å². The van der Waals surface area contributed by atoms with Crippen LogP contribution in [-0.4, -0.2) is 11.3 Å². The lowest BCUT2D eigenvalue weighted by Crippen LogP contribution is -2.18. The summed E-state index contributed by atoms with van der Waals surface area (Å²) in [7, 11) is 0. The minimum atomic E-state index is -4.71. The standard InChI is InChI=1S/C6H5F3N2O/c7-6(8,9)12-5-1-2-11-3-4(5)10/h1-3H,10H2. The largest absolute Gasteiger partial charge is 0.573 e. The molecule has 0 aliphatic carbocycles. The van der Waals surface area contributed by atoms with Crippen molar-refractivity contribution in [3.8, 4) is 5.75 Å². The van der Waals surface area contributed by atoms with Gasteiger partial charge in [0.2, 0.25) is 0 Å². The zero-order valence-corrected chi connectivity index (χ0v) is 5.80. The number of hydrogen-bond donors (Lipinski definition) is 1. The molecule has 1 aromatic rings.